The second-order valence-electron chi connectivity index (χ2n) is 6.11. The second-order valence-corrected chi connectivity index (χ2v) is 6.11. The molecule has 0 aromatic heterocycles. The first-order valence-electron chi connectivity index (χ1n) is 8.97. The molecule has 0 unspecified atom stereocenters. The van der Waals surface area contributed by atoms with E-state index in [0.29, 0.717) is 12.4 Å². The summed E-state index contributed by atoms with van der Waals surface area (Å²) in [6.45, 7) is 2.66. The first-order valence-corrected chi connectivity index (χ1v) is 8.97. The Bertz CT molecular complexity index is 813. The molecule has 0 fully saturated rings. The number of para-hydroxylation sites is 1. The van der Waals surface area contributed by atoms with Gasteiger partial charge in [-0.25, -0.2) is 4.39 Å². The predicted molar refractivity (Wildman–Crippen MR) is 103 cm³/mol. The Labute approximate surface area is 154 Å². The minimum atomic E-state index is -0.343. The molecule has 3 heteroatoms. The largest absolute Gasteiger partial charge is 0.494 e. The lowest BCUT2D eigenvalue weighted by molar-refractivity contribution is 0.340. The zero-order chi connectivity index (χ0) is 18.2. The van der Waals surface area contributed by atoms with Gasteiger partial charge in [0.15, 0.2) is 11.6 Å². The molecule has 0 amide bonds. The van der Waals surface area contributed by atoms with Crippen LogP contribution in [0.25, 0.3) is 0 Å². The molecule has 0 bridgehead atoms. The lowest BCUT2D eigenvalue weighted by Crippen LogP contribution is -1.94. The van der Waals surface area contributed by atoms with Crippen LogP contribution in [0.2, 0.25) is 0 Å². The zero-order valence-corrected chi connectivity index (χ0v) is 15.0. The standard InChI is InChI=1S/C23H23FO2/c1-2-25-20-14-11-18(12-15-20)7-6-8-19-13-16-22(24)23(17-19)26-21-9-4-3-5-10-21/h3-5,9-17H,2,6-8H2,1H3. The van der Waals surface area contributed by atoms with E-state index in [1.807, 2.05) is 55.5 Å². The Kier molecular flexibility index (Phi) is 6.26. The van der Waals surface area contributed by atoms with Gasteiger partial charge in [-0.15, -0.1) is 0 Å². The molecule has 0 saturated heterocycles. The van der Waals surface area contributed by atoms with Crippen molar-refractivity contribution in [1.82, 2.24) is 0 Å². The van der Waals surface area contributed by atoms with Crippen LogP contribution < -0.4 is 9.47 Å². The van der Waals surface area contributed by atoms with Crippen molar-refractivity contribution in [2.45, 2.75) is 26.2 Å². The molecule has 26 heavy (non-hydrogen) atoms. The molecule has 2 nitrogen and oxygen atoms in total. The van der Waals surface area contributed by atoms with E-state index in [1.54, 1.807) is 6.07 Å². The van der Waals surface area contributed by atoms with Gasteiger partial charge in [0, 0.05) is 0 Å². The molecule has 0 aliphatic carbocycles. The number of hydrogen-bond acceptors (Lipinski definition) is 2. The van der Waals surface area contributed by atoms with Crippen LogP contribution in [0, 0.1) is 5.82 Å². The molecule has 3 rings (SSSR count). The van der Waals surface area contributed by atoms with Crippen molar-refractivity contribution in [3.63, 3.8) is 0 Å². The molecule has 0 radical (unpaired) electrons. The van der Waals surface area contributed by atoms with E-state index in [1.165, 1.54) is 11.6 Å². The van der Waals surface area contributed by atoms with Crippen molar-refractivity contribution in [1.29, 1.82) is 0 Å². The highest BCUT2D eigenvalue weighted by molar-refractivity contribution is 5.35. The summed E-state index contributed by atoms with van der Waals surface area (Å²) in [7, 11) is 0. The monoisotopic (exact) mass is 350 g/mol. The molecule has 0 spiro atoms. The Hall–Kier alpha value is -2.81. The van der Waals surface area contributed by atoms with Gasteiger partial charge in [-0.1, -0.05) is 36.4 Å². The van der Waals surface area contributed by atoms with E-state index in [2.05, 4.69) is 12.1 Å². The highest BCUT2D eigenvalue weighted by Gasteiger charge is 2.06. The Morgan fingerprint density at radius 2 is 1.46 bits per heavy atom. The van der Waals surface area contributed by atoms with Gasteiger partial charge in [-0.05, 0) is 73.7 Å². The molecular formula is C23H23FO2. The van der Waals surface area contributed by atoms with Gasteiger partial charge in [0.2, 0.25) is 0 Å². The number of aryl methyl sites for hydroxylation is 2. The van der Waals surface area contributed by atoms with Gasteiger partial charge >= 0.3 is 0 Å². The van der Waals surface area contributed by atoms with Crippen molar-refractivity contribution < 1.29 is 13.9 Å². The summed E-state index contributed by atoms with van der Waals surface area (Å²) >= 11 is 0. The van der Waals surface area contributed by atoms with E-state index < -0.39 is 0 Å². The van der Waals surface area contributed by atoms with E-state index in [9.17, 15) is 4.39 Å². The predicted octanol–water partition coefficient (Wildman–Crippen LogP) is 6.19. The van der Waals surface area contributed by atoms with E-state index in [0.717, 1.165) is 30.6 Å². The molecule has 0 N–H and O–H groups in total. The number of ether oxygens (including phenoxy) is 2. The molecule has 0 saturated carbocycles. The van der Waals surface area contributed by atoms with E-state index in [-0.39, 0.29) is 11.6 Å². The molecule has 0 heterocycles. The average Bonchev–Trinajstić information content (AvgIpc) is 2.67. The van der Waals surface area contributed by atoms with Crippen LogP contribution in [0.5, 0.6) is 17.2 Å². The van der Waals surface area contributed by atoms with Gasteiger partial charge in [-0.3, -0.25) is 0 Å². The highest BCUT2D eigenvalue weighted by atomic mass is 19.1. The second kappa shape index (κ2) is 9.04. The van der Waals surface area contributed by atoms with Crippen molar-refractivity contribution >= 4 is 0 Å². The lowest BCUT2D eigenvalue weighted by atomic mass is 10.0. The topological polar surface area (TPSA) is 18.5 Å². The fourth-order valence-electron chi connectivity index (χ4n) is 2.81. The van der Waals surface area contributed by atoms with Crippen LogP contribution in [0.1, 0.15) is 24.5 Å². The number of halogens is 1. The quantitative estimate of drug-likeness (QED) is 0.482. The molecule has 0 aliphatic heterocycles. The molecule has 134 valence electrons. The molecule has 0 aliphatic rings. The van der Waals surface area contributed by atoms with Crippen LogP contribution in [0.3, 0.4) is 0 Å². The van der Waals surface area contributed by atoms with E-state index >= 15 is 0 Å². The third-order valence-corrected chi connectivity index (χ3v) is 4.13. The molecule has 3 aromatic rings. The maximum Gasteiger partial charge on any atom is 0.165 e. The van der Waals surface area contributed by atoms with Crippen molar-refractivity contribution in [3.05, 3.63) is 89.7 Å². The minimum Gasteiger partial charge on any atom is -0.494 e. The smallest absolute Gasteiger partial charge is 0.165 e. The van der Waals surface area contributed by atoms with Gasteiger partial charge < -0.3 is 9.47 Å². The van der Waals surface area contributed by atoms with Gasteiger partial charge in [0.1, 0.15) is 11.5 Å². The number of benzene rings is 3. The maximum absolute atomic E-state index is 14.0. The number of hydrogen-bond donors (Lipinski definition) is 0. The van der Waals surface area contributed by atoms with Gasteiger partial charge in [-0.2, -0.15) is 0 Å². The van der Waals surface area contributed by atoms with Crippen LogP contribution >= 0.6 is 0 Å². The normalized spacial score (nSPS) is 10.5. The fourth-order valence-corrected chi connectivity index (χ4v) is 2.81. The summed E-state index contributed by atoms with van der Waals surface area (Å²) in [4.78, 5) is 0. The summed E-state index contributed by atoms with van der Waals surface area (Å²) in [6, 6.07) is 22.6. The third-order valence-electron chi connectivity index (χ3n) is 4.13. The van der Waals surface area contributed by atoms with E-state index in [4.69, 9.17) is 9.47 Å². The summed E-state index contributed by atoms with van der Waals surface area (Å²) in [5, 5.41) is 0. The van der Waals surface area contributed by atoms with Crippen molar-refractivity contribution in [2.24, 2.45) is 0 Å². The summed E-state index contributed by atoms with van der Waals surface area (Å²) in [6.07, 6.45) is 2.84. The first kappa shape index (κ1) is 18.0. The van der Waals surface area contributed by atoms with Gasteiger partial charge in [0.05, 0.1) is 6.61 Å². The molecule has 3 aromatic carbocycles. The Balaban J connectivity index is 1.57. The summed E-state index contributed by atoms with van der Waals surface area (Å²) in [5.74, 6) is 1.47. The van der Waals surface area contributed by atoms with Crippen LogP contribution in [-0.2, 0) is 12.8 Å². The Morgan fingerprint density at radius 3 is 2.19 bits per heavy atom. The number of rotatable bonds is 8. The minimum absolute atomic E-state index is 0.273. The van der Waals surface area contributed by atoms with Crippen LogP contribution in [-0.4, -0.2) is 6.61 Å². The highest BCUT2D eigenvalue weighted by Crippen LogP contribution is 2.26. The first-order chi connectivity index (χ1) is 12.7. The van der Waals surface area contributed by atoms with Gasteiger partial charge in [0.25, 0.3) is 0 Å². The zero-order valence-electron chi connectivity index (χ0n) is 15.0. The van der Waals surface area contributed by atoms with Crippen molar-refractivity contribution in [2.75, 3.05) is 6.61 Å². The molecule has 0 atom stereocenters. The van der Waals surface area contributed by atoms with Crippen LogP contribution in [0.4, 0.5) is 4.39 Å². The molecular weight excluding hydrogens is 327 g/mol. The fraction of sp³-hybridized carbons (Fsp3) is 0.217. The average molecular weight is 350 g/mol. The van der Waals surface area contributed by atoms with Crippen LogP contribution in [0.15, 0.2) is 72.8 Å². The Morgan fingerprint density at radius 1 is 0.769 bits per heavy atom. The third kappa shape index (κ3) is 5.09. The SMILES string of the molecule is CCOc1ccc(CCCc2ccc(F)c(Oc3ccccc3)c2)cc1. The summed E-state index contributed by atoms with van der Waals surface area (Å²) < 4.78 is 25.1. The maximum atomic E-state index is 14.0. The lowest BCUT2D eigenvalue weighted by Gasteiger charge is -2.09. The van der Waals surface area contributed by atoms with Crippen molar-refractivity contribution in [3.8, 4) is 17.2 Å². The summed E-state index contributed by atoms with van der Waals surface area (Å²) in [5.41, 5.74) is 2.35.